The van der Waals surface area contributed by atoms with Crippen LogP contribution in [0.5, 0.6) is 5.75 Å². The molecule has 0 amide bonds. The van der Waals surface area contributed by atoms with Gasteiger partial charge in [-0.05, 0) is 38.2 Å². The van der Waals surface area contributed by atoms with Gasteiger partial charge in [-0.15, -0.1) is 0 Å². The molecule has 17 heavy (non-hydrogen) atoms. The standard InChI is InChI=1S/C14H23NO2/c1-5-11(10-16)14(15(2)3)12-7-6-8-13(9-12)17-4/h6-9,11,14,16H,5,10H2,1-4H3. The molecule has 0 aromatic heterocycles. The van der Waals surface area contributed by atoms with Crippen LogP contribution in [0.3, 0.4) is 0 Å². The molecular formula is C14H23NO2. The van der Waals surface area contributed by atoms with E-state index in [0.717, 1.165) is 12.2 Å². The summed E-state index contributed by atoms with van der Waals surface area (Å²) in [5.74, 6) is 1.11. The first-order valence-electron chi connectivity index (χ1n) is 6.05. The third-order valence-electron chi connectivity index (χ3n) is 3.20. The quantitative estimate of drug-likeness (QED) is 0.824. The number of ether oxygens (including phenoxy) is 1. The Labute approximate surface area is 104 Å². The van der Waals surface area contributed by atoms with Crippen LogP contribution in [-0.2, 0) is 0 Å². The van der Waals surface area contributed by atoms with Crippen molar-refractivity contribution in [1.29, 1.82) is 0 Å². The number of methoxy groups -OCH3 is 1. The first-order valence-corrected chi connectivity index (χ1v) is 6.05. The lowest BCUT2D eigenvalue weighted by Crippen LogP contribution is -2.29. The van der Waals surface area contributed by atoms with E-state index < -0.39 is 0 Å². The fourth-order valence-corrected chi connectivity index (χ4v) is 2.27. The van der Waals surface area contributed by atoms with E-state index in [4.69, 9.17) is 4.74 Å². The second-order valence-electron chi connectivity index (χ2n) is 4.54. The first-order chi connectivity index (χ1) is 8.13. The van der Waals surface area contributed by atoms with E-state index in [-0.39, 0.29) is 18.6 Å². The Balaban J connectivity index is 3.04. The van der Waals surface area contributed by atoms with Gasteiger partial charge in [0.15, 0.2) is 0 Å². The summed E-state index contributed by atoms with van der Waals surface area (Å²) in [4.78, 5) is 2.15. The van der Waals surface area contributed by atoms with Crippen molar-refractivity contribution in [2.24, 2.45) is 5.92 Å². The molecule has 0 radical (unpaired) electrons. The summed E-state index contributed by atoms with van der Waals surface area (Å²) in [7, 11) is 5.76. The Morgan fingerprint density at radius 1 is 1.35 bits per heavy atom. The summed E-state index contributed by atoms with van der Waals surface area (Å²) in [5.41, 5.74) is 1.19. The van der Waals surface area contributed by atoms with Crippen molar-refractivity contribution >= 4 is 0 Å². The maximum Gasteiger partial charge on any atom is 0.119 e. The van der Waals surface area contributed by atoms with Crippen LogP contribution in [0, 0.1) is 5.92 Å². The lowest BCUT2D eigenvalue weighted by Gasteiger charge is -2.31. The second kappa shape index (κ2) is 6.62. The summed E-state index contributed by atoms with van der Waals surface area (Å²) >= 11 is 0. The number of aliphatic hydroxyl groups is 1. The highest BCUT2D eigenvalue weighted by Gasteiger charge is 2.23. The molecule has 1 N–H and O–H groups in total. The molecule has 0 aliphatic heterocycles. The fraction of sp³-hybridized carbons (Fsp3) is 0.571. The van der Waals surface area contributed by atoms with Gasteiger partial charge in [-0.25, -0.2) is 0 Å². The summed E-state index contributed by atoms with van der Waals surface area (Å²) < 4.78 is 5.25. The van der Waals surface area contributed by atoms with Crippen molar-refractivity contribution < 1.29 is 9.84 Å². The minimum atomic E-state index is 0.205. The molecule has 0 aliphatic rings. The molecule has 0 spiro atoms. The van der Waals surface area contributed by atoms with Gasteiger partial charge in [0.05, 0.1) is 7.11 Å². The number of hydrogen-bond acceptors (Lipinski definition) is 3. The Morgan fingerprint density at radius 2 is 2.06 bits per heavy atom. The molecule has 0 fully saturated rings. The molecular weight excluding hydrogens is 214 g/mol. The number of rotatable bonds is 6. The lowest BCUT2D eigenvalue weighted by atomic mass is 9.90. The summed E-state index contributed by atoms with van der Waals surface area (Å²) in [6.07, 6.45) is 0.955. The molecule has 0 heterocycles. The predicted octanol–water partition coefficient (Wildman–Crippen LogP) is 2.32. The topological polar surface area (TPSA) is 32.7 Å². The van der Waals surface area contributed by atoms with E-state index >= 15 is 0 Å². The molecule has 0 aliphatic carbocycles. The van der Waals surface area contributed by atoms with Crippen molar-refractivity contribution in [3.05, 3.63) is 29.8 Å². The van der Waals surface area contributed by atoms with Crippen LogP contribution < -0.4 is 4.74 Å². The first kappa shape index (κ1) is 14.0. The van der Waals surface area contributed by atoms with Crippen LogP contribution in [0.2, 0.25) is 0 Å². The third kappa shape index (κ3) is 3.45. The normalized spacial score (nSPS) is 14.7. The minimum absolute atomic E-state index is 0.205. The van der Waals surface area contributed by atoms with Gasteiger partial charge in [0.25, 0.3) is 0 Å². The average molecular weight is 237 g/mol. The maximum atomic E-state index is 9.48. The van der Waals surface area contributed by atoms with E-state index in [0.29, 0.717) is 0 Å². The highest BCUT2D eigenvalue weighted by atomic mass is 16.5. The second-order valence-corrected chi connectivity index (χ2v) is 4.54. The lowest BCUT2D eigenvalue weighted by molar-refractivity contribution is 0.130. The Morgan fingerprint density at radius 3 is 2.53 bits per heavy atom. The fourth-order valence-electron chi connectivity index (χ4n) is 2.27. The highest BCUT2D eigenvalue weighted by molar-refractivity contribution is 5.31. The zero-order valence-electron chi connectivity index (χ0n) is 11.2. The van der Waals surface area contributed by atoms with Crippen molar-refractivity contribution in [2.45, 2.75) is 19.4 Å². The highest BCUT2D eigenvalue weighted by Crippen LogP contribution is 2.30. The molecule has 3 heteroatoms. The SMILES string of the molecule is CCC(CO)C(c1cccc(OC)c1)N(C)C. The Bertz CT molecular complexity index is 335. The number of aliphatic hydroxyl groups excluding tert-OH is 1. The molecule has 96 valence electrons. The van der Waals surface area contributed by atoms with Crippen molar-refractivity contribution in [2.75, 3.05) is 27.8 Å². The molecule has 1 aromatic carbocycles. The number of benzene rings is 1. The monoisotopic (exact) mass is 237 g/mol. The molecule has 1 rings (SSSR count). The van der Waals surface area contributed by atoms with Gasteiger partial charge in [-0.1, -0.05) is 19.1 Å². The largest absolute Gasteiger partial charge is 0.497 e. The van der Waals surface area contributed by atoms with Crippen LogP contribution in [0.1, 0.15) is 24.9 Å². The van der Waals surface area contributed by atoms with Crippen molar-refractivity contribution in [1.82, 2.24) is 4.90 Å². The van der Waals surface area contributed by atoms with Crippen molar-refractivity contribution in [3.8, 4) is 5.75 Å². The van der Waals surface area contributed by atoms with Gasteiger partial charge in [0, 0.05) is 18.6 Å². The molecule has 0 bridgehead atoms. The van der Waals surface area contributed by atoms with Crippen LogP contribution >= 0.6 is 0 Å². The minimum Gasteiger partial charge on any atom is -0.497 e. The van der Waals surface area contributed by atoms with Gasteiger partial charge >= 0.3 is 0 Å². The molecule has 1 aromatic rings. The zero-order valence-corrected chi connectivity index (χ0v) is 11.2. The summed E-state index contributed by atoms with van der Waals surface area (Å²) in [5, 5.41) is 9.48. The van der Waals surface area contributed by atoms with Crippen LogP contribution in [-0.4, -0.2) is 37.8 Å². The van der Waals surface area contributed by atoms with E-state index in [9.17, 15) is 5.11 Å². The van der Waals surface area contributed by atoms with Gasteiger partial charge in [-0.3, -0.25) is 0 Å². The van der Waals surface area contributed by atoms with Crippen molar-refractivity contribution in [3.63, 3.8) is 0 Å². The molecule has 0 saturated heterocycles. The molecule has 2 atom stereocenters. The number of hydrogen-bond donors (Lipinski definition) is 1. The van der Waals surface area contributed by atoms with Gasteiger partial charge < -0.3 is 14.7 Å². The van der Waals surface area contributed by atoms with E-state index in [1.807, 2.05) is 32.3 Å². The predicted molar refractivity (Wildman–Crippen MR) is 70.3 cm³/mol. The molecule has 0 saturated carbocycles. The van der Waals surface area contributed by atoms with Gasteiger partial charge in [0.2, 0.25) is 0 Å². The summed E-state index contributed by atoms with van der Waals surface area (Å²) in [6, 6.07) is 8.29. The van der Waals surface area contributed by atoms with Crippen LogP contribution in [0.15, 0.2) is 24.3 Å². The van der Waals surface area contributed by atoms with Gasteiger partial charge in [0.1, 0.15) is 5.75 Å². The summed E-state index contributed by atoms with van der Waals surface area (Å²) in [6.45, 7) is 2.31. The van der Waals surface area contributed by atoms with Gasteiger partial charge in [-0.2, -0.15) is 0 Å². The Kier molecular flexibility index (Phi) is 5.45. The van der Waals surface area contributed by atoms with E-state index in [1.165, 1.54) is 5.56 Å². The van der Waals surface area contributed by atoms with E-state index in [2.05, 4.69) is 17.9 Å². The maximum absolute atomic E-state index is 9.48. The Hall–Kier alpha value is -1.06. The molecule has 2 unspecified atom stereocenters. The smallest absolute Gasteiger partial charge is 0.119 e. The van der Waals surface area contributed by atoms with Crippen LogP contribution in [0.25, 0.3) is 0 Å². The zero-order chi connectivity index (χ0) is 12.8. The average Bonchev–Trinajstić information content (AvgIpc) is 2.35. The van der Waals surface area contributed by atoms with E-state index in [1.54, 1.807) is 7.11 Å². The molecule has 3 nitrogen and oxygen atoms in total. The third-order valence-corrected chi connectivity index (χ3v) is 3.20. The van der Waals surface area contributed by atoms with Crippen LogP contribution in [0.4, 0.5) is 0 Å². The number of nitrogens with zero attached hydrogens (tertiary/aromatic N) is 1.